The fourth-order valence-electron chi connectivity index (χ4n) is 1.12. The molecule has 78 valence electrons. The first-order valence-electron chi connectivity index (χ1n) is 5.32. The average molecular weight is 186 g/mol. The van der Waals surface area contributed by atoms with E-state index in [9.17, 15) is 4.79 Å². The van der Waals surface area contributed by atoms with E-state index in [0.29, 0.717) is 13.0 Å². The Labute approximate surface area is 81.7 Å². The Balaban J connectivity index is 3.04. The lowest BCUT2D eigenvalue weighted by Gasteiger charge is -2.04. The average Bonchev–Trinajstić information content (AvgIpc) is 2.10. The molecule has 0 saturated carbocycles. The van der Waals surface area contributed by atoms with E-state index in [4.69, 9.17) is 4.74 Å². The molecule has 0 aliphatic heterocycles. The lowest BCUT2D eigenvalue weighted by atomic mass is 10.1. The third-order valence-corrected chi connectivity index (χ3v) is 1.98. The number of carbonyl (C=O) groups is 1. The van der Waals surface area contributed by atoms with Crippen molar-refractivity contribution in [2.45, 2.75) is 52.9 Å². The minimum Gasteiger partial charge on any atom is -0.466 e. The van der Waals surface area contributed by atoms with Crippen molar-refractivity contribution in [2.24, 2.45) is 5.92 Å². The maximum absolute atomic E-state index is 10.7. The molecule has 0 radical (unpaired) electrons. The second-order valence-corrected chi connectivity index (χ2v) is 3.82. The van der Waals surface area contributed by atoms with Crippen LogP contribution in [0.5, 0.6) is 0 Å². The van der Waals surface area contributed by atoms with Crippen molar-refractivity contribution in [3.8, 4) is 0 Å². The van der Waals surface area contributed by atoms with Gasteiger partial charge in [-0.1, -0.05) is 40.0 Å². The van der Waals surface area contributed by atoms with Crippen molar-refractivity contribution < 1.29 is 9.53 Å². The fraction of sp³-hybridized carbons (Fsp3) is 0.909. The van der Waals surface area contributed by atoms with E-state index in [0.717, 1.165) is 12.3 Å². The quantitative estimate of drug-likeness (QED) is 0.451. The van der Waals surface area contributed by atoms with Gasteiger partial charge in [0.05, 0.1) is 6.61 Å². The zero-order chi connectivity index (χ0) is 10.1. The van der Waals surface area contributed by atoms with Gasteiger partial charge < -0.3 is 4.74 Å². The Morgan fingerprint density at radius 3 is 2.46 bits per heavy atom. The summed E-state index contributed by atoms with van der Waals surface area (Å²) in [5, 5.41) is 0. The molecule has 2 nitrogen and oxygen atoms in total. The molecule has 13 heavy (non-hydrogen) atoms. The van der Waals surface area contributed by atoms with E-state index >= 15 is 0 Å². The van der Waals surface area contributed by atoms with Gasteiger partial charge in [0.2, 0.25) is 0 Å². The van der Waals surface area contributed by atoms with Crippen molar-refractivity contribution in [3.63, 3.8) is 0 Å². The smallest absolute Gasteiger partial charge is 0.305 e. The summed E-state index contributed by atoms with van der Waals surface area (Å²) in [4.78, 5) is 10.7. The molecule has 2 heteroatoms. The van der Waals surface area contributed by atoms with Crippen LogP contribution in [0.3, 0.4) is 0 Å². The standard InChI is InChI=1S/C11H22O2/c1-4-11(12)13-9-7-5-6-8-10(2)3/h10H,4-9H2,1-3H3. The molecule has 0 N–H and O–H groups in total. The highest BCUT2D eigenvalue weighted by Crippen LogP contribution is 2.07. The van der Waals surface area contributed by atoms with E-state index in [2.05, 4.69) is 13.8 Å². The number of hydrogen-bond donors (Lipinski definition) is 0. The first-order chi connectivity index (χ1) is 6.16. The van der Waals surface area contributed by atoms with Gasteiger partial charge in [0, 0.05) is 6.42 Å². The molecule has 0 atom stereocenters. The van der Waals surface area contributed by atoms with Crippen LogP contribution in [0.4, 0.5) is 0 Å². The highest BCUT2D eigenvalue weighted by molar-refractivity contribution is 5.68. The second-order valence-electron chi connectivity index (χ2n) is 3.82. The minimum atomic E-state index is -0.0798. The van der Waals surface area contributed by atoms with Crippen molar-refractivity contribution in [1.29, 1.82) is 0 Å². The van der Waals surface area contributed by atoms with Crippen molar-refractivity contribution >= 4 is 5.97 Å². The first-order valence-corrected chi connectivity index (χ1v) is 5.32. The molecule has 0 rings (SSSR count). The summed E-state index contributed by atoms with van der Waals surface area (Å²) in [5.74, 6) is 0.710. The van der Waals surface area contributed by atoms with Crippen molar-refractivity contribution in [1.82, 2.24) is 0 Å². The third kappa shape index (κ3) is 9.38. The topological polar surface area (TPSA) is 26.3 Å². The highest BCUT2D eigenvalue weighted by Gasteiger charge is 1.98. The lowest BCUT2D eigenvalue weighted by molar-refractivity contribution is -0.143. The maximum atomic E-state index is 10.7. The molecule has 0 unspecified atom stereocenters. The fourth-order valence-corrected chi connectivity index (χ4v) is 1.12. The molecule has 0 spiro atoms. The monoisotopic (exact) mass is 186 g/mol. The predicted octanol–water partition coefficient (Wildman–Crippen LogP) is 3.16. The van der Waals surface area contributed by atoms with E-state index in [-0.39, 0.29) is 5.97 Å². The summed E-state index contributed by atoms with van der Waals surface area (Å²) < 4.78 is 4.96. The van der Waals surface area contributed by atoms with Gasteiger partial charge in [-0.15, -0.1) is 0 Å². The van der Waals surface area contributed by atoms with Gasteiger partial charge in [-0.3, -0.25) is 4.79 Å². The highest BCUT2D eigenvalue weighted by atomic mass is 16.5. The molecule has 0 aromatic rings. The number of unbranched alkanes of at least 4 members (excludes halogenated alkanes) is 2. The van der Waals surface area contributed by atoms with Crippen LogP contribution in [-0.2, 0) is 9.53 Å². The molecular formula is C11H22O2. The summed E-state index contributed by atoms with van der Waals surface area (Å²) in [6, 6.07) is 0. The zero-order valence-corrected chi connectivity index (χ0v) is 9.14. The van der Waals surface area contributed by atoms with Gasteiger partial charge in [0.25, 0.3) is 0 Å². The number of ether oxygens (including phenoxy) is 1. The Morgan fingerprint density at radius 2 is 1.92 bits per heavy atom. The maximum Gasteiger partial charge on any atom is 0.305 e. The Kier molecular flexibility index (Phi) is 7.76. The molecule has 0 bridgehead atoms. The minimum absolute atomic E-state index is 0.0798. The van der Waals surface area contributed by atoms with Gasteiger partial charge in [0.15, 0.2) is 0 Å². The van der Waals surface area contributed by atoms with Gasteiger partial charge in [-0.05, 0) is 12.3 Å². The normalized spacial score (nSPS) is 10.5. The second kappa shape index (κ2) is 8.09. The lowest BCUT2D eigenvalue weighted by Crippen LogP contribution is -2.03. The first kappa shape index (κ1) is 12.5. The van der Waals surface area contributed by atoms with Crippen LogP contribution in [0.1, 0.15) is 52.9 Å². The molecule has 0 amide bonds. The zero-order valence-electron chi connectivity index (χ0n) is 9.14. The Morgan fingerprint density at radius 1 is 1.23 bits per heavy atom. The SMILES string of the molecule is CCC(=O)OCCCCCC(C)C. The Hall–Kier alpha value is -0.530. The van der Waals surface area contributed by atoms with Crippen LogP contribution in [0, 0.1) is 5.92 Å². The van der Waals surface area contributed by atoms with E-state index in [1.807, 2.05) is 6.92 Å². The van der Waals surface area contributed by atoms with Crippen LogP contribution in [-0.4, -0.2) is 12.6 Å². The van der Waals surface area contributed by atoms with E-state index in [1.165, 1.54) is 19.3 Å². The number of carbonyl (C=O) groups excluding carboxylic acids is 1. The van der Waals surface area contributed by atoms with Crippen LogP contribution in [0.2, 0.25) is 0 Å². The summed E-state index contributed by atoms with van der Waals surface area (Å²) in [6.07, 6.45) is 5.21. The molecule has 0 heterocycles. The Bertz CT molecular complexity index is 130. The van der Waals surface area contributed by atoms with E-state index < -0.39 is 0 Å². The van der Waals surface area contributed by atoms with Crippen molar-refractivity contribution in [2.75, 3.05) is 6.61 Å². The summed E-state index contributed by atoms with van der Waals surface area (Å²) in [6.45, 7) is 6.89. The molecule has 0 aromatic heterocycles. The number of esters is 1. The third-order valence-electron chi connectivity index (χ3n) is 1.98. The van der Waals surface area contributed by atoms with Gasteiger partial charge >= 0.3 is 5.97 Å². The van der Waals surface area contributed by atoms with Crippen LogP contribution in [0.25, 0.3) is 0 Å². The molecular weight excluding hydrogens is 164 g/mol. The predicted molar refractivity (Wildman–Crippen MR) is 54.6 cm³/mol. The van der Waals surface area contributed by atoms with Gasteiger partial charge in [-0.2, -0.15) is 0 Å². The van der Waals surface area contributed by atoms with E-state index in [1.54, 1.807) is 0 Å². The number of hydrogen-bond acceptors (Lipinski definition) is 2. The molecule has 0 fully saturated rings. The summed E-state index contributed by atoms with van der Waals surface area (Å²) >= 11 is 0. The van der Waals surface area contributed by atoms with Crippen LogP contribution >= 0.6 is 0 Å². The van der Waals surface area contributed by atoms with Crippen LogP contribution < -0.4 is 0 Å². The molecule has 0 aliphatic carbocycles. The molecule has 0 aromatic carbocycles. The molecule has 0 saturated heterocycles. The summed E-state index contributed by atoms with van der Waals surface area (Å²) in [5.41, 5.74) is 0. The largest absolute Gasteiger partial charge is 0.466 e. The van der Waals surface area contributed by atoms with Crippen molar-refractivity contribution in [3.05, 3.63) is 0 Å². The van der Waals surface area contributed by atoms with Gasteiger partial charge in [-0.25, -0.2) is 0 Å². The van der Waals surface area contributed by atoms with Crippen LogP contribution in [0.15, 0.2) is 0 Å². The number of rotatable bonds is 7. The summed E-state index contributed by atoms with van der Waals surface area (Å²) in [7, 11) is 0. The van der Waals surface area contributed by atoms with Gasteiger partial charge in [0.1, 0.15) is 0 Å². The molecule has 0 aliphatic rings.